The average molecular weight is 337 g/mol. The van der Waals surface area contributed by atoms with Crippen molar-refractivity contribution in [3.8, 4) is 0 Å². The van der Waals surface area contributed by atoms with E-state index in [1.54, 1.807) is 0 Å². The summed E-state index contributed by atoms with van der Waals surface area (Å²) in [5.41, 5.74) is -0.0382. The molecule has 3 atom stereocenters. The van der Waals surface area contributed by atoms with Crippen LogP contribution in [-0.2, 0) is 9.59 Å². The fraction of sp³-hybridized carbons (Fsp3) is 0.714. The molecule has 3 unspecified atom stereocenters. The molecule has 8 heteroatoms. The van der Waals surface area contributed by atoms with Crippen molar-refractivity contribution in [3.63, 3.8) is 0 Å². The third-order valence-electron chi connectivity index (χ3n) is 4.29. The fourth-order valence-electron chi connectivity index (χ4n) is 3.26. The molecule has 2 aliphatic rings. The van der Waals surface area contributed by atoms with Crippen LogP contribution in [0.4, 0.5) is 13.2 Å². The van der Waals surface area contributed by atoms with E-state index in [1.165, 1.54) is 11.8 Å². The standard InChI is InChI=1S/C14H18F3NO3S/c1-22-6-5-9(13(20)21)18-11-8-4-2-3-7(8)10(11)12(19)14(15,16)17/h7-9,18H,2-6H2,1H3,(H,20,21). The number of fused-ring (bicyclic) bond motifs is 1. The largest absolute Gasteiger partial charge is 0.480 e. The second kappa shape index (κ2) is 6.52. The molecule has 0 radical (unpaired) electrons. The lowest BCUT2D eigenvalue weighted by Crippen LogP contribution is -2.47. The minimum absolute atomic E-state index is 0.127. The van der Waals surface area contributed by atoms with Crippen LogP contribution in [0.5, 0.6) is 0 Å². The molecule has 0 bridgehead atoms. The van der Waals surface area contributed by atoms with Crippen molar-refractivity contribution in [1.29, 1.82) is 0 Å². The summed E-state index contributed by atoms with van der Waals surface area (Å²) in [5.74, 6) is -2.86. The zero-order valence-electron chi connectivity index (χ0n) is 12.1. The van der Waals surface area contributed by atoms with Gasteiger partial charge in [0.15, 0.2) is 0 Å². The van der Waals surface area contributed by atoms with E-state index in [9.17, 15) is 27.9 Å². The number of ketones is 1. The summed E-state index contributed by atoms with van der Waals surface area (Å²) >= 11 is 1.46. The fourth-order valence-corrected chi connectivity index (χ4v) is 3.73. The molecule has 2 rings (SSSR count). The number of carboxylic acids is 1. The molecule has 1 saturated carbocycles. The van der Waals surface area contributed by atoms with Gasteiger partial charge in [0.2, 0.25) is 0 Å². The van der Waals surface area contributed by atoms with Gasteiger partial charge in [0.25, 0.3) is 5.78 Å². The van der Waals surface area contributed by atoms with Crippen molar-refractivity contribution in [1.82, 2.24) is 5.32 Å². The minimum Gasteiger partial charge on any atom is -0.480 e. The van der Waals surface area contributed by atoms with Crippen LogP contribution < -0.4 is 5.32 Å². The normalized spacial score (nSPS) is 25.5. The van der Waals surface area contributed by atoms with Crippen LogP contribution >= 0.6 is 11.8 Å². The van der Waals surface area contributed by atoms with Crippen LogP contribution in [0.3, 0.4) is 0 Å². The molecule has 4 nitrogen and oxygen atoms in total. The van der Waals surface area contributed by atoms with E-state index in [1.807, 2.05) is 6.26 Å². The number of alkyl halides is 3. The van der Waals surface area contributed by atoms with Gasteiger partial charge in [-0.1, -0.05) is 6.42 Å². The maximum absolute atomic E-state index is 12.7. The average Bonchev–Trinajstić information content (AvgIpc) is 2.81. The predicted octanol–water partition coefficient (Wildman–Crippen LogP) is 2.60. The summed E-state index contributed by atoms with van der Waals surface area (Å²) in [6, 6.07) is -0.958. The lowest BCUT2D eigenvalue weighted by molar-refractivity contribution is -0.168. The Hall–Kier alpha value is -1.18. The molecule has 0 spiro atoms. The van der Waals surface area contributed by atoms with Crippen LogP contribution in [0.2, 0.25) is 0 Å². The Bertz CT molecular complexity index is 504. The Morgan fingerprint density at radius 1 is 1.36 bits per heavy atom. The number of rotatable bonds is 7. The highest BCUT2D eigenvalue weighted by molar-refractivity contribution is 7.98. The number of hydrogen-bond donors (Lipinski definition) is 2. The second-order valence-corrected chi connectivity index (χ2v) is 6.60. The van der Waals surface area contributed by atoms with Gasteiger partial charge in [-0.05, 0) is 37.2 Å². The van der Waals surface area contributed by atoms with Crippen LogP contribution in [-0.4, -0.2) is 41.1 Å². The highest BCUT2D eigenvalue weighted by atomic mass is 32.2. The van der Waals surface area contributed by atoms with Gasteiger partial charge in [-0.2, -0.15) is 24.9 Å². The van der Waals surface area contributed by atoms with Crippen LogP contribution in [0.15, 0.2) is 11.3 Å². The van der Waals surface area contributed by atoms with Gasteiger partial charge in [-0.15, -0.1) is 0 Å². The number of carboxylic acid groups (broad SMARTS) is 1. The maximum atomic E-state index is 12.7. The number of allylic oxidation sites excluding steroid dienone is 2. The third kappa shape index (κ3) is 3.26. The monoisotopic (exact) mass is 337 g/mol. The molecule has 0 aromatic heterocycles. The number of Topliss-reactive ketones (excluding diaryl/α,β-unsaturated/α-hetero) is 1. The Kier molecular flexibility index (Phi) is 5.09. The highest BCUT2D eigenvalue weighted by Crippen LogP contribution is 2.52. The first-order chi connectivity index (χ1) is 10.3. The number of hydrogen-bond acceptors (Lipinski definition) is 4. The summed E-state index contributed by atoms with van der Waals surface area (Å²) in [7, 11) is 0. The molecule has 22 heavy (non-hydrogen) atoms. The number of nitrogens with one attached hydrogen (secondary N) is 1. The molecule has 0 heterocycles. The van der Waals surface area contributed by atoms with E-state index in [0.717, 1.165) is 6.42 Å². The topological polar surface area (TPSA) is 66.4 Å². The summed E-state index contributed by atoms with van der Waals surface area (Å²) in [6.45, 7) is 0. The molecule has 2 N–H and O–H groups in total. The lowest BCUT2D eigenvalue weighted by Gasteiger charge is -2.39. The second-order valence-electron chi connectivity index (χ2n) is 5.61. The van der Waals surface area contributed by atoms with Crippen LogP contribution in [0, 0.1) is 11.8 Å². The number of halogens is 3. The zero-order chi connectivity index (χ0) is 16.5. The first-order valence-electron chi connectivity index (χ1n) is 7.11. The zero-order valence-corrected chi connectivity index (χ0v) is 12.9. The van der Waals surface area contributed by atoms with E-state index in [2.05, 4.69) is 5.32 Å². The summed E-state index contributed by atoms with van der Waals surface area (Å²) in [4.78, 5) is 22.8. The van der Waals surface area contributed by atoms with Gasteiger partial charge in [0, 0.05) is 17.2 Å². The highest BCUT2D eigenvalue weighted by Gasteiger charge is 2.53. The van der Waals surface area contributed by atoms with Gasteiger partial charge in [-0.25, -0.2) is 4.79 Å². The molecule has 2 aliphatic carbocycles. The summed E-state index contributed by atoms with van der Waals surface area (Å²) in [5, 5.41) is 11.9. The van der Waals surface area contributed by atoms with Crippen LogP contribution in [0.25, 0.3) is 0 Å². The molecule has 0 aliphatic heterocycles. The Labute approximate surface area is 130 Å². The number of carbonyl (C=O) groups excluding carboxylic acids is 1. The number of aliphatic carboxylic acids is 1. The van der Waals surface area contributed by atoms with Gasteiger partial charge in [0.05, 0.1) is 0 Å². The van der Waals surface area contributed by atoms with Gasteiger partial charge >= 0.3 is 12.1 Å². The van der Waals surface area contributed by atoms with Crippen molar-refractivity contribution in [2.45, 2.75) is 37.9 Å². The van der Waals surface area contributed by atoms with Crippen molar-refractivity contribution >= 4 is 23.5 Å². The first kappa shape index (κ1) is 17.2. The van der Waals surface area contributed by atoms with E-state index in [4.69, 9.17) is 0 Å². The minimum atomic E-state index is -4.91. The van der Waals surface area contributed by atoms with E-state index in [0.29, 0.717) is 25.0 Å². The summed E-state index contributed by atoms with van der Waals surface area (Å²) in [6.07, 6.45) is -0.754. The van der Waals surface area contributed by atoms with E-state index in [-0.39, 0.29) is 23.1 Å². The first-order valence-corrected chi connectivity index (χ1v) is 8.50. The smallest absolute Gasteiger partial charge is 0.454 e. The van der Waals surface area contributed by atoms with E-state index >= 15 is 0 Å². The molecule has 0 aromatic rings. The number of thioether (sulfide) groups is 1. The molecule has 1 fully saturated rings. The molecule has 0 saturated heterocycles. The molecule has 124 valence electrons. The van der Waals surface area contributed by atoms with Crippen molar-refractivity contribution < 1.29 is 27.9 Å². The molecule has 0 aromatic carbocycles. The third-order valence-corrected chi connectivity index (χ3v) is 4.93. The molecular formula is C14H18F3NO3S. The van der Waals surface area contributed by atoms with E-state index < -0.39 is 24.0 Å². The Morgan fingerprint density at radius 2 is 2.00 bits per heavy atom. The van der Waals surface area contributed by atoms with Crippen molar-refractivity contribution in [2.75, 3.05) is 12.0 Å². The maximum Gasteiger partial charge on any atom is 0.454 e. The number of carbonyl (C=O) groups is 2. The quantitative estimate of drug-likeness (QED) is 0.747. The Morgan fingerprint density at radius 3 is 2.55 bits per heavy atom. The van der Waals surface area contributed by atoms with Crippen molar-refractivity contribution in [3.05, 3.63) is 11.3 Å². The molecule has 0 amide bonds. The van der Waals surface area contributed by atoms with Crippen LogP contribution in [0.1, 0.15) is 25.7 Å². The lowest BCUT2D eigenvalue weighted by atomic mass is 9.71. The van der Waals surface area contributed by atoms with Gasteiger partial charge < -0.3 is 10.4 Å². The van der Waals surface area contributed by atoms with Crippen molar-refractivity contribution in [2.24, 2.45) is 11.8 Å². The van der Waals surface area contributed by atoms with Gasteiger partial charge in [-0.3, -0.25) is 4.79 Å². The van der Waals surface area contributed by atoms with Gasteiger partial charge in [0.1, 0.15) is 6.04 Å². The summed E-state index contributed by atoms with van der Waals surface area (Å²) < 4.78 is 38.2. The SMILES string of the molecule is CSCCC(NC1=C(C(=O)C(F)(F)F)C2CCCC12)C(=O)O. The predicted molar refractivity (Wildman–Crippen MR) is 76.5 cm³/mol. The Balaban J connectivity index is 2.22. The molecular weight excluding hydrogens is 319 g/mol.